The third kappa shape index (κ3) is 5.19. The predicted molar refractivity (Wildman–Crippen MR) is 92.6 cm³/mol. The van der Waals surface area contributed by atoms with Gasteiger partial charge < -0.3 is 10.6 Å². The molecule has 0 unspecified atom stereocenters. The van der Waals surface area contributed by atoms with Gasteiger partial charge in [0.1, 0.15) is 5.82 Å². The maximum Gasteiger partial charge on any atom is 0.255 e. The number of amides is 2. The van der Waals surface area contributed by atoms with Gasteiger partial charge in [-0.3, -0.25) is 9.59 Å². The summed E-state index contributed by atoms with van der Waals surface area (Å²) in [6, 6.07) is 12.0. The van der Waals surface area contributed by atoms with Crippen molar-refractivity contribution in [3.05, 3.63) is 65.5 Å². The second-order valence-electron chi connectivity index (χ2n) is 5.98. The summed E-state index contributed by atoms with van der Waals surface area (Å²) < 4.78 is 12.8. The van der Waals surface area contributed by atoms with Crippen LogP contribution in [-0.4, -0.2) is 18.4 Å². The molecule has 24 heavy (non-hydrogen) atoms. The molecule has 0 saturated heterocycles. The predicted octanol–water partition coefficient (Wildman–Crippen LogP) is 3.85. The second-order valence-corrected chi connectivity index (χ2v) is 5.98. The van der Waals surface area contributed by atoms with Gasteiger partial charge in [0.25, 0.3) is 11.8 Å². The summed E-state index contributed by atoms with van der Waals surface area (Å²) in [5.41, 5.74) is 1.45. The highest BCUT2D eigenvalue weighted by atomic mass is 19.1. The maximum atomic E-state index is 12.8. The molecule has 0 aliphatic rings. The SMILES string of the molecule is CC(C)CCNC(=O)c1ccc(C(=O)Nc2ccc(F)cc2)cc1. The van der Waals surface area contributed by atoms with E-state index < -0.39 is 0 Å². The van der Waals surface area contributed by atoms with Crippen LogP contribution in [0.2, 0.25) is 0 Å². The molecule has 0 radical (unpaired) electrons. The van der Waals surface area contributed by atoms with E-state index in [1.165, 1.54) is 24.3 Å². The van der Waals surface area contributed by atoms with Crippen LogP contribution in [0.15, 0.2) is 48.5 Å². The van der Waals surface area contributed by atoms with Gasteiger partial charge >= 0.3 is 0 Å². The van der Waals surface area contributed by atoms with Crippen molar-refractivity contribution >= 4 is 17.5 Å². The first kappa shape index (κ1) is 17.7. The fraction of sp³-hybridized carbons (Fsp3) is 0.263. The van der Waals surface area contributed by atoms with E-state index in [-0.39, 0.29) is 17.6 Å². The Balaban J connectivity index is 1.94. The maximum absolute atomic E-state index is 12.8. The summed E-state index contributed by atoms with van der Waals surface area (Å²) in [7, 11) is 0. The van der Waals surface area contributed by atoms with Crippen LogP contribution in [0.5, 0.6) is 0 Å². The van der Waals surface area contributed by atoms with Gasteiger partial charge in [-0.15, -0.1) is 0 Å². The van der Waals surface area contributed by atoms with Crippen molar-refractivity contribution in [3.63, 3.8) is 0 Å². The van der Waals surface area contributed by atoms with Gasteiger partial charge in [-0.2, -0.15) is 0 Å². The lowest BCUT2D eigenvalue weighted by Crippen LogP contribution is -2.25. The molecule has 0 fully saturated rings. The first-order valence-corrected chi connectivity index (χ1v) is 7.91. The van der Waals surface area contributed by atoms with Gasteiger partial charge in [-0.1, -0.05) is 13.8 Å². The fourth-order valence-corrected chi connectivity index (χ4v) is 2.09. The molecule has 5 heteroatoms. The van der Waals surface area contributed by atoms with Crippen molar-refractivity contribution in [1.82, 2.24) is 5.32 Å². The molecule has 2 rings (SSSR count). The van der Waals surface area contributed by atoms with E-state index in [0.29, 0.717) is 29.3 Å². The molecular weight excluding hydrogens is 307 g/mol. The highest BCUT2D eigenvalue weighted by molar-refractivity contribution is 6.05. The lowest BCUT2D eigenvalue weighted by molar-refractivity contribution is 0.0950. The van der Waals surface area contributed by atoms with Crippen LogP contribution in [0.4, 0.5) is 10.1 Å². The number of rotatable bonds is 6. The third-order valence-electron chi connectivity index (χ3n) is 3.52. The highest BCUT2D eigenvalue weighted by Gasteiger charge is 2.09. The molecule has 0 bridgehead atoms. The molecule has 126 valence electrons. The minimum atomic E-state index is -0.360. The summed E-state index contributed by atoms with van der Waals surface area (Å²) in [6.45, 7) is 4.82. The lowest BCUT2D eigenvalue weighted by Gasteiger charge is -2.08. The summed E-state index contributed by atoms with van der Waals surface area (Å²) >= 11 is 0. The number of carbonyl (C=O) groups is 2. The number of carbonyl (C=O) groups excluding carboxylic acids is 2. The summed E-state index contributed by atoms with van der Waals surface area (Å²) in [6.07, 6.45) is 0.921. The minimum Gasteiger partial charge on any atom is -0.352 e. The number of anilines is 1. The van der Waals surface area contributed by atoms with E-state index in [1.807, 2.05) is 0 Å². The molecule has 2 aromatic rings. The van der Waals surface area contributed by atoms with Crippen molar-refractivity contribution in [2.75, 3.05) is 11.9 Å². The number of halogens is 1. The summed E-state index contributed by atoms with van der Waals surface area (Å²) in [5, 5.41) is 5.52. The standard InChI is InChI=1S/C19H21FN2O2/c1-13(2)11-12-21-18(23)14-3-5-15(6-4-14)19(24)22-17-9-7-16(20)8-10-17/h3-10,13H,11-12H2,1-2H3,(H,21,23)(H,22,24). The van der Waals surface area contributed by atoms with E-state index in [4.69, 9.17) is 0 Å². The van der Waals surface area contributed by atoms with Crippen LogP contribution in [0.1, 0.15) is 41.0 Å². The Morgan fingerprint density at radius 1 is 0.917 bits per heavy atom. The van der Waals surface area contributed by atoms with Crippen LogP contribution in [0, 0.1) is 11.7 Å². The van der Waals surface area contributed by atoms with Crippen molar-refractivity contribution in [1.29, 1.82) is 0 Å². The van der Waals surface area contributed by atoms with E-state index in [2.05, 4.69) is 24.5 Å². The normalized spacial score (nSPS) is 10.5. The zero-order valence-electron chi connectivity index (χ0n) is 13.8. The molecule has 0 atom stereocenters. The van der Waals surface area contributed by atoms with Gasteiger partial charge in [-0.25, -0.2) is 4.39 Å². The van der Waals surface area contributed by atoms with E-state index in [9.17, 15) is 14.0 Å². The van der Waals surface area contributed by atoms with E-state index in [0.717, 1.165) is 6.42 Å². The molecular formula is C19H21FN2O2. The van der Waals surface area contributed by atoms with Crippen LogP contribution < -0.4 is 10.6 Å². The van der Waals surface area contributed by atoms with Gasteiger partial charge in [-0.05, 0) is 60.9 Å². The van der Waals surface area contributed by atoms with Crippen LogP contribution >= 0.6 is 0 Å². The molecule has 2 N–H and O–H groups in total. The van der Waals surface area contributed by atoms with Crippen molar-refractivity contribution < 1.29 is 14.0 Å². The molecule has 0 aliphatic heterocycles. The second kappa shape index (κ2) is 8.24. The molecule has 0 aliphatic carbocycles. The van der Waals surface area contributed by atoms with Crippen LogP contribution in [0.25, 0.3) is 0 Å². The Bertz CT molecular complexity index is 694. The van der Waals surface area contributed by atoms with Gasteiger partial charge in [0.15, 0.2) is 0 Å². The van der Waals surface area contributed by atoms with Crippen molar-refractivity contribution in [2.45, 2.75) is 20.3 Å². The number of nitrogens with one attached hydrogen (secondary N) is 2. The quantitative estimate of drug-likeness (QED) is 0.846. The lowest BCUT2D eigenvalue weighted by atomic mass is 10.1. The van der Waals surface area contributed by atoms with E-state index >= 15 is 0 Å². The fourth-order valence-electron chi connectivity index (χ4n) is 2.09. The number of benzene rings is 2. The average molecular weight is 328 g/mol. The molecule has 0 aromatic heterocycles. The smallest absolute Gasteiger partial charge is 0.255 e. The topological polar surface area (TPSA) is 58.2 Å². The Morgan fingerprint density at radius 2 is 1.46 bits per heavy atom. The summed E-state index contributed by atoms with van der Waals surface area (Å²) in [4.78, 5) is 24.1. The largest absolute Gasteiger partial charge is 0.352 e. The first-order valence-electron chi connectivity index (χ1n) is 7.91. The number of hydrogen-bond acceptors (Lipinski definition) is 2. The van der Waals surface area contributed by atoms with Gasteiger partial charge in [0, 0.05) is 23.4 Å². The Hall–Kier alpha value is -2.69. The molecule has 2 amide bonds. The monoisotopic (exact) mass is 328 g/mol. The minimum absolute atomic E-state index is 0.152. The molecule has 2 aromatic carbocycles. The average Bonchev–Trinajstić information content (AvgIpc) is 2.56. The van der Waals surface area contributed by atoms with Gasteiger partial charge in [0.2, 0.25) is 0 Å². The van der Waals surface area contributed by atoms with E-state index in [1.54, 1.807) is 24.3 Å². The van der Waals surface area contributed by atoms with Crippen LogP contribution in [-0.2, 0) is 0 Å². The molecule has 0 spiro atoms. The first-order chi connectivity index (χ1) is 11.5. The highest BCUT2D eigenvalue weighted by Crippen LogP contribution is 2.11. The molecule has 0 heterocycles. The van der Waals surface area contributed by atoms with Gasteiger partial charge in [0.05, 0.1) is 0 Å². The Morgan fingerprint density at radius 3 is 2.00 bits per heavy atom. The Kier molecular flexibility index (Phi) is 6.07. The number of hydrogen-bond donors (Lipinski definition) is 2. The molecule has 0 saturated carbocycles. The Labute approximate surface area is 141 Å². The molecule has 4 nitrogen and oxygen atoms in total. The van der Waals surface area contributed by atoms with Crippen LogP contribution in [0.3, 0.4) is 0 Å². The van der Waals surface area contributed by atoms with Crippen molar-refractivity contribution in [2.24, 2.45) is 5.92 Å². The van der Waals surface area contributed by atoms with Crippen molar-refractivity contribution in [3.8, 4) is 0 Å². The zero-order chi connectivity index (χ0) is 17.5. The third-order valence-corrected chi connectivity index (χ3v) is 3.52. The zero-order valence-corrected chi connectivity index (χ0v) is 13.8. The summed E-state index contributed by atoms with van der Waals surface area (Å²) in [5.74, 6) is -0.293.